The van der Waals surface area contributed by atoms with Crippen LogP contribution < -0.4 is 5.32 Å². The van der Waals surface area contributed by atoms with Crippen LogP contribution in [0.15, 0.2) is 53.4 Å². The molecule has 1 aliphatic rings. The number of piperidine rings is 1. The van der Waals surface area contributed by atoms with Crippen LogP contribution in [0.25, 0.3) is 0 Å². The highest BCUT2D eigenvalue weighted by atomic mass is 35.5. The number of carbonyl (C=O) groups is 1. The van der Waals surface area contributed by atoms with Crippen molar-refractivity contribution < 1.29 is 13.2 Å². The fourth-order valence-corrected chi connectivity index (χ4v) is 6.00. The van der Waals surface area contributed by atoms with Crippen LogP contribution in [-0.4, -0.2) is 44.0 Å². The van der Waals surface area contributed by atoms with Gasteiger partial charge in [-0.25, -0.2) is 12.7 Å². The van der Waals surface area contributed by atoms with E-state index in [-0.39, 0.29) is 17.6 Å². The Hall–Kier alpha value is -1.25. The SMILES string of the molecule is O=C(NCCSc1ccc(Cl)cc1)C1CCN(S(=O)(=O)Cc2cccc(Cl)c2)CC1. The lowest BCUT2D eigenvalue weighted by atomic mass is 9.97. The van der Waals surface area contributed by atoms with Crippen LogP contribution in [0.5, 0.6) is 0 Å². The molecule has 9 heteroatoms. The van der Waals surface area contributed by atoms with E-state index in [1.807, 2.05) is 24.3 Å². The molecule has 1 N–H and O–H groups in total. The van der Waals surface area contributed by atoms with E-state index < -0.39 is 10.0 Å². The van der Waals surface area contributed by atoms with Gasteiger partial charge in [-0.15, -0.1) is 11.8 Å². The molecule has 0 aromatic heterocycles. The molecule has 162 valence electrons. The van der Waals surface area contributed by atoms with Gasteiger partial charge in [-0.2, -0.15) is 0 Å². The third kappa shape index (κ3) is 6.89. The minimum atomic E-state index is -3.43. The van der Waals surface area contributed by atoms with Gasteiger partial charge in [0.25, 0.3) is 0 Å². The van der Waals surface area contributed by atoms with Gasteiger partial charge in [0, 0.05) is 46.2 Å². The highest BCUT2D eigenvalue weighted by Gasteiger charge is 2.31. The lowest BCUT2D eigenvalue weighted by Gasteiger charge is -2.30. The Morgan fingerprint density at radius 3 is 2.43 bits per heavy atom. The summed E-state index contributed by atoms with van der Waals surface area (Å²) in [5, 5.41) is 4.19. The van der Waals surface area contributed by atoms with Crippen molar-refractivity contribution in [1.29, 1.82) is 0 Å². The molecule has 0 atom stereocenters. The van der Waals surface area contributed by atoms with E-state index in [1.54, 1.807) is 36.0 Å². The Kier molecular flexibility index (Phi) is 8.48. The standard InChI is InChI=1S/C21H24Cl2N2O3S2/c22-18-4-6-20(7-5-18)29-13-10-24-21(26)17-8-11-25(12-9-17)30(27,28)15-16-2-1-3-19(23)14-16/h1-7,14,17H,8-13,15H2,(H,24,26). The number of hydrogen-bond acceptors (Lipinski definition) is 4. The van der Waals surface area contributed by atoms with Crippen molar-refractivity contribution in [2.45, 2.75) is 23.5 Å². The molecule has 2 aromatic carbocycles. The molecule has 2 aromatic rings. The Bertz CT molecular complexity index is 960. The summed E-state index contributed by atoms with van der Waals surface area (Å²) in [4.78, 5) is 13.5. The van der Waals surface area contributed by atoms with Crippen LogP contribution in [0.1, 0.15) is 18.4 Å². The van der Waals surface area contributed by atoms with Crippen molar-refractivity contribution in [1.82, 2.24) is 9.62 Å². The molecule has 0 spiro atoms. The van der Waals surface area contributed by atoms with Gasteiger partial charge < -0.3 is 5.32 Å². The summed E-state index contributed by atoms with van der Waals surface area (Å²) in [6.07, 6.45) is 1.07. The summed E-state index contributed by atoms with van der Waals surface area (Å²) >= 11 is 13.5. The number of sulfonamides is 1. The fourth-order valence-electron chi connectivity index (χ4n) is 3.34. The van der Waals surface area contributed by atoms with Crippen LogP contribution in [0.4, 0.5) is 0 Å². The summed E-state index contributed by atoms with van der Waals surface area (Å²) in [6, 6.07) is 14.5. The second-order valence-corrected chi connectivity index (χ2v) is 11.2. The number of benzene rings is 2. The minimum Gasteiger partial charge on any atom is -0.355 e. The van der Waals surface area contributed by atoms with E-state index in [0.717, 1.165) is 10.6 Å². The zero-order valence-electron chi connectivity index (χ0n) is 16.4. The number of amides is 1. The number of thioether (sulfide) groups is 1. The smallest absolute Gasteiger partial charge is 0.223 e. The molecule has 1 heterocycles. The van der Waals surface area contributed by atoms with Crippen molar-refractivity contribution in [3.8, 4) is 0 Å². The molecular formula is C21H24Cl2N2O3S2. The average molecular weight is 487 g/mol. The second kappa shape index (κ2) is 10.9. The number of carbonyl (C=O) groups excluding carboxylic acids is 1. The fraction of sp³-hybridized carbons (Fsp3) is 0.381. The Labute approximate surface area is 192 Å². The predicted octanol–water partition coefficient (Wildman–Crippen LogP) is 4.44. The first-order valence-electron chi connectivity index (χ1n) is 9.72. The van der Waals surface area contributed by atoms with Crippen molar-refractivity contribution >= 4 is 50.9 Å². The summed E-state index contributed by atoms with van der Waals surface area (Å²) in [7, 11) is -3.43. The summed E-state index contributed by atoms with van der Waals surface area (Å²) in [5.74, 6) is 0.536. The molecule has 1 amide bonds. The molecule has 1 aliphatic heterocycles. The van der Waals surface area contributed by atoms with Crippen molar-refractivity contribution in [3.63, 3.8) is 0 Å². The van der Waals surface area contributed by atoms with Crippen LogP contribution in [0, 0.1) is 5.92 Å². The quantitative estimate of drug-likeness (QED) is 0.442. The highest BCUT2D eigenvalue weighted by Crippen LogP contribution is 2.23. The summed E-state index contributed by atoms with van der Waals surface area (Å²) in [6.45, 7) is 1.29. The van der Waals surface area contributed by atoms with Gasteiger partial charge in [0.1, 0.15) is 0 Å². The van der Waals surface area contributed by atoms with E-state index in [9.17, 15) is 13.2 Å². The van der Waals surface area contributed by atoms with Gasteiger partial charge in [-0.1, -0.05) is 35.3 Å². The first-order valence-corrected chi connectivity index (χ1v) is 13.1. The molecule has 1 saturated heterocycles. The zero-order chi connectivity index (χ0) is 21.6. The normalized spacial score (nSPS) is 15.8. The molecule has 0 radical (unpaired) electrons. The number of hydrogen-bond donors (Lipinski definition) is 1. The van der Waals surface area contributed by atoms with Crippen molar-refractivity contribution in [2.24, 2.45) is 5.92 Å². The predicted molar refractivity (Wildman–Crippen MR) is 124 cm³/mol. The molecular weight excluding hydrogens is 463 g/mol. The summed E-state index contributed by atoms with van der Waals surface area (Å²) in [5.41, 5.74) is 0.667. The monoisotopic (exact) mass is 486 g/mol. The zero-order valence-corrected chi connectivity index (χ0v) is 19.5. The Balaban J connectivity index is 1.40. The van der Waals surface area contributed by atoms with Gasteiger partial charge >= 0.3 is 0 Å². The van der Waals surface area contributed by atoms with E-state index in [1.165, 1.54) is 4.31 Å². The number of nitrogens with one attached hydrogen (secondary N) is 1. The maximum atomic E-state index is 12.7. The number of halogens is 2. The Morgan fingerprint density at radius 1 is 1.07 bits per heavy atom. The highest BCUT2D eigenvalue weighted by molar-refractivity contribution is 7.99. The molecule has 0 unspecified atom stereocenters. The van der Waals surface area contributed by atoms with Gasteiger partial charge in [-0.05, 0) is 54.8 Å². The lowest BCUT2D eigenvalue weighted by Crippen LogP contribution is -2.43. The van der Waals surface area contributed by atoms with E-state index in [4.69, 9.17) is 23.2 Å². The van der Waals surface area contributed by atoms with Gasteiger partial charge in [0.15, 0.2) is 0 Å². The Morgan fingerprint density at radius 2 is 1.77 bits per heavy atom. The molecule has 1 fully saturated rings. The minimum absolute atomic E-state index is 0.00130. The molecule has 5 nitrogen and oxygen atoms in total. The molecule has 0 saturated carbocycles. The van der Waals surface area contributed by atoms with E-state index >= 15 is 0 Å². The van der Waals surface area contributed by atoms with E-state index in [2.05, 4.69) is 5.32 Å². The lowest BCUT2D eigenvalue weighted by molar-refractivity contribution is -0.125. The van der Waals surface area contributed by atoms with Gasteiger partial charge in [0.05, 0.1) is 5.75 Å². The van der Waals surface area contributed by atoms with Crippen LogP contribution in [0.3, 0.4) is 0 Å². The van der Waals surface area contributed by atoms with Gasteiger partial charge in [0.2, 0.25) is 15.9 Å². The van der Waals surface area contributed by atoms with Crippen LogP contribution >= 0.6 is 35.0 Å². The van der Waals surface area contributed by atoms with E-state index in [0.29, 0.717) is 48.1 Å². The number of rotatable bonds is 8. The molecule has 0 bridgehead atoms. The van der Waals surface area contributed by atoms with Crippen LogP contribution in [-0.2, 0) is 20.6 Å². The molecule has 0 aliphatic carbocycles. The molecule has 3 rings (SSSR count). The average Bonchev–Trinajstić information content (AvgIpc) is 2.72. The largest absolute Gasteiger partial charge is 0.355 e. The van der Waals surface area contributed by atoms with Crippen LogP contribution in [0.2, 0.25) is 10.0 Å². The maximum absolute atomic E-state index is 12.7. The van der Waals surface area contributed by atoms with Gasteiger partial charge in [-0.3, -0.25) is 4.79 Å². The first-order chi connectivity index (χ1) is 14.3. The third-order valence-electron chi connectivity index (χ3n) is 4.94. The maximum Gasteiger partial charge on any atom is 0.223 e. The first kappa shape index (κ1) is 23.4. The third-order valence-corrected chi connectivity index (χ3v) is 8.29. The van der Waals surface area contributed by atoms with Crippen molar-refractivity contribution in [3.05, 3.63) is 64.1 Å². The topological polar surface area (TPSA) is 66.5 Å². The molecule has 30 heavy (non-hydrogen) atoms. The summed E-state index contributed by atoms with van der Waals surface area (Å²) < 4.78 is 26.8. The number of nitrogens with zero attached hydrogens (tertiary/aromatic N) is 1. The second-order valence-electron chi connectivity index (χ2n) is 7.15. The van der Waals surface area contributed by atoms with Crippen molar-refractivity contribution in [2.75, 3.05) is 25.4 Å².